The molecule has 1 aromatic rings. The quantitative estimate of drug-likeness (QED) is 0.365. The summed E-state index contributed by atoms with van der Waals surface area (Å²) in [5.74, 6) is 0. The Labute approximate surface area is 121 Å². The van der Waals surface area contributed by atoms with Crippen molar-refractivity contribution in [2.24, 2.45) is 4.99 Å². The molecule has 0 atom stereocenters. The molecule has 0 amide bonds. The molecule has 0 fully saturated rings. The van der Waals surface area contributed by atoms with Crippen LogP contribution in [0.25, 0.3) is 0 Å². The van der Waals surface area contributed by atoms with Crippen LogP contribution in [0.2, 0.25) is 0 Å². The fraction of sp³-hybridized carbons (Fsp3) is 0.533. The van der Waals surface area contributed by atoms with Crippen LogP contribution in [0.4, 0.5) is 0 Å². The van der Waals surface area contributed by atoms with Gasteiger partial charge in [-0.1, -0.05) is 63.3 Å². The average Bonchev–Trinajstić information content (AvgIpc) is 2.41. The maximum absolute atomic E-state index is 9.05. The third-order valence-electron chi connectivity index (χ3n) is 3.26. The Kier molecular flexibility index (Phi) is 7.51. The number of unbranched alkanes of at least 4 members (excludes halogenated alkanes) is 5. The molecule has 5 heteroatoms. The molecule has 3 N–H and O–H groups in total. The molecule has 0 aliphatic rings. The van der Waals surface area contributed by atoms with Crippen molar-refractivity contribution >= 4 is 18.4 Å². The summed E-state index contributed by atoms with van der Waals surface area (Å²) >= 11 is 0. The molecule has 0 saturated heterocycles. The van der Waals surface area contributed by atoms with Gasteiger partial charge < -0.3 is 15.1 Å². The molecule has 0 spiro atoms. The van der Waals surface area contributed by atoms with Crippen LogP contribution in [0.5, 0.6) is 0 Å². The van der Waals surface area contributed by atoms with Gasteiger partial charge in [0.05, 0.1) is 0 Å². The van der Waals surface area contributed by atoms with Crippen molar-refractivity contribution in [2.45, 2.75) is 45.4 Å². The van der Waals surface area contributed by atoms with E-state index in [0.29, 0.717) is 0 Å². The van der Waals surface area contributed by atoms with Gasteiger partial charge >= 0.3 is 6.75 Å². The fourth-order valence-corrected chi connectivity index (χ4v) is 1.99. The summed E-state index contributed by atoms with van der Waals surface area (Å²) in [7, 11) is 0. The fourth-order valence-electron chi connectivity index (χ4n) is 1.99. The number of nitrogens with zero attached hydrogens (tertiary/aromatic N) is 1. The van der Waals surface area contributed by atoms with Gasteiger partial charge in [-0.3, -0.25) is 4.99 Å². The van der Waals surface area contributed by atoms with Gasteiger partial charge in [0, 0.05) is 12.8 Å². The van der Waals surface area contributed by atoms with E-state index in [9.17, 15) is 0 Å². The first-order valence-electron chi connectivity index (χ1n) is 7.45. The summed E-state index contributed by atoms with van der Waals surface area (Å²) in [6.07, 6.45) is 9.29. The molecular weight excluding hydrogens is 253 g/mol. The molecule has 4 nitrogen and oxygen atoms in total. The SMILES string of the molecule is CCCCCCCCN=Cc1ccc([B-](O)(O)O)cc1. The molecule has 0 aliphatic carbocycles. The van der Waals surface area contributed by atoms with Crippen molar-refractivity contribution < 1.29 is 15.1 Å². The van der Waals surface area contributed by atoms with Crippen molar-refractivity contribution in [1.82, 2.24) is 0 Å². The highest BCUT2D eigenvalue weighted by molar-refractivity contribution is 6.71. The van der Waals surface area contributed by atoms with Crippen LogP contribution in [0.1, 0.15) is 51.0 Å². The molecule has 0 unspecified atom stereocenters. The molecule has 20 heavy (non-hydrogen) atoms. The summed E-state index contributed by atoms with van der Waals surface area (Å²) in [6.45, 7) is -0.361. The lowest BCUT2D eigenvalue weighted by molar-refractivity contribution is 0.249. The second-order valence-electron chi connectivity index (χ2n) is 5.20. The second kappa shape index (κ2) is 8.90. The predicted octanol–water partition coefficient (Wildman–Crippen LogP) is 1.59. The van der Waals surface area contributed by atoms with Gasteiger partial charge in [-0.2, -0.15) is 0 Å². The average molecular weight is 278 g/mol. The summed E-state index contributed by atoms with van der Waals surface area (Å²) in [6, 6.07) is 6.40. The first-order valence-corrected chi connectivity index (χ1v) is 7.45. The van der Waals surface area contributed by atoms with Crippen LogP contribution < -0.4 is 5.46 Å². The molecule has 0 aliphatic heterocycles. The lowest BCUT2D eigenvalue weighted by Crippen LogP contribution is -2.48. The Balaban J connectivity index is 2.25. The van der Waals surface area contributed by atoms with E-state index < -0.39 is 6.75 Å². The molecular formula is C15H25BNO3-. The van der Waals surface area contributed by atoms with E-state index >= 15 is 0 Å². The van der Waals surface area contributed by atoms with Gasteiger partial charge in [-0.15, -0.1) is 5.46 Å². The maximum Gasteiger partial charge on any atom is 0.402 e. The van der Waals surface area contributed by atoms with Crippen molar-refractivity contribution in [3.05, 3.63) is 29.8 Å². The Morgan fingerprint density at radius 2 is 1.55 bits per heavy atom. The van der Waals surface area contributed by atoms with Gasteiger partial charge in [0.1, 0.15) is 0 Å². The van der Waals surface area contributed by atoms with Crippen LogP contribution in [-0.2, 0) is 0 Å². The van der Waals surface area contributed by atoms with E-state index in [1.807, 2.05) is 0 Å². The third kappa shape index (κ3) is 6.84. The zero-order chi connectivity index (χ0) is 14.8. The molecule has 0 bridgehead atoms. The van der Waals surface area contributed by atoms with E-state index in [2.05, 4.69) is 11.9 Å². The number of benzene rings is 1. The Bertz CT molecular complexity index is 399. The van der Waals surface area contributed by atoms with E-state index in [1.165, 1.54) is 44.2 Å². The zero-order valence-electron chi connectivity index (χ0n) is 12.2. The van der Waals surface area contributed by atoms with Gasteiger partial charge in [0.25, 0.3) is 0 Å². The first-order chi connectivity index (χ1) is 9.54. The number of hydrogen-bond donors (Lipinski definition) is 3. The maximum atomic E-state index is 9.05. The highest BCUT2D eigenvalue weighted by atomic mass is 16.5. The lowest BCUT2D eigenvalue weighted by Gasteiger charge is -2.21. The minimum atomic E-state index is -3.40. The Morgan fingerprint density at radius 3 is 2.15 bits per heavy atom. The lowest BCUT2D eigenvalue weighted by atomic mass is 9.71. The minimum absolute atomic E-state index is 0.109. The number of aliphatic imine (C=N–C) groups is 1. The molecule has 0 radical (unpaired) electrons. The monoisotopic (exact) mass is 278 g/mol. The van der Waals surface area contributed by atoms with Crippen molar-refractivity contribution in [3.63, 3.8) is 0 Å². The zero-order valence-corrected chi connectivity index (χ0v) is 12.2. The Morgan fingerprint density at radius 1 is 0.950 bits per heavy atom. The van der Waals surface area contributed by atoms with Gasteiger partial charge in [-0.25, -0.2) is 0 Å². The largest absolute Gasteiger partial charge is 0.556 e. The van der Waals surface area contributed by atoms with Crippen molar-refractivity contribution in [1.29, 1.82) is 0 Å². The second-order valence-corrected chi connectivity index (χ2v) is 5.20. The number of rotatable bonds is 9. The molecule has 0 aromatic heterocycles. The molecule has 1 rings (SSSR count). The van der Waals surface area contributed by atoms with Crippen LogP contribution in [0, 0.1) is 0 Å². The highest BCUT2D eigenvalue weighted by Crippen LogP contribution is 2.05. The molecule has 0 saturated carbocycles. The van der Waals surface area contributed by atoms with Crippen molar-refractivity contribution in [3.8, 4) is 0 Å². The normalized spacial score (nSPS) is 12.2. The van der Waals surface area contributed by atoms with Crippen LogP contribution in [0.15, 0.2) is 29.3 Å². The van der Waals surface area contributed by atoms with E-state index in [1.54, 1.807) is 18.3 Å². The van der Waals surface area contributed by atoms with Gasteiger partial charge in [0.15, 0.2) is 0 Å². The predicted molar refractivity (Wildman–Crippen MR) is 84.3 cm³/mol. The summed E-state index contributed by atoms with van der Waals surface area (Å²) in [5.41, 5.74) is 0.998. The third-order valence-corrected chi connectivity index (χ3v) is 3.26. The Hall–Kier alpha value is -1.17. The van der Waals surface area contributed by atoms with Gasteiger partial charge in [0.2, 0.25) is 0 Å². The summed E-state index contributed by atoms with van der Waals surface area (Å²) in [4.78, 5) is 4.34. The minimum Gasteiger partial charge on any atom is -0.556 e. The van der Waals surface area contributed by atoms with Crippen molar-refractivity contribution in [2.75, 3.05) is 6.54 Å². The van der Waals surface area contributed by atoms with E-state index in [0.717, 1.165) is 18.5 Å². The van der Waals surface area contributed by atoms with Gasteiger partial charge in [-0.05, 0) is 12.0 Å². The molecule has 0 heterocycles. The summed E-state index contributed by atoms with van der Waals surface area (Å²) in [5, 5.41) is 27.2. The van der Waals surface area contributed by atoms with Crippen LogP contribution in [0.3, 0.4) is 0 Å². The standard InChI is InChI=1S/C15H25BNO3/c1-2-3-4-5-6-7-12-17-13-14-8-10-15(11-9-14)16(18,19)20/h8-11,13,18-20H,2-7,12H2,1H3/q-1. The smallest absolute Gasteiger partial charge is 0.402 e. The summed E-state index contributed by atoms with van der Waals surface area (Å²) < 4.78 is 0. The highest BCUT2D eigenvalue weighted by Gasteiger charge is 2.17. The molecule has 112 valence electrons. The van der Waals surface area contributed by atoms with Crippen LogP contribution in [-0.4, -0.2) is 34.6 Å². The topological polar surface area (TPSA) is 73.1 Å². The van der Waals surface area contributed by atoms with Crippen LogP contribution >= 0.6 is 0 Å². The molecule has 1 aromatic carbocycles. The first kappa shape index (κ1) is 16.9. The number of hydrogen-bond acceptors (Lipinski definition) is 4. The van der Waals surface area contributed by atoms with E-state index in [-0.39, 0.29) is 5.46 Å². The van der Waals surface area contributed by atoms with E-state index in [4.69, 9.17) is 15.1 Å².